The first kappa shape index (κ1) is 18.9. The van der Waals surface area contributed by atoms with Crippen LogP contribution in [-0.2, 0) is 6.42 Å². The van der Waals surface area contributed by atoms with Crippen LogP contribution in [-0.4, -0.2) is 0 Å². The highest BCUT2D eigenvalue weighted by Gasteiger charge is 2.22. The molecule has 0 bridgehead atoms. The van der Waals surface area contributed by atoms with Crippen molar-refractivity contribution in [2.45, 2.75) is 45.4 Å². The van der Waals surface area contributed by atoms with Gasteiger partial charge in [-0.1, -0.05) is 26.2 Å². The van der Waals surface area contributed by atoms with Gasteiger partial charge in [-0.2, -0.15) is 0 Å². The molecule has 0 aromatic heterocycles. The second-order valence-electron chi connectivity index (χ2n) is 7.19. The largest absolute Gasteiger partial charge is 0.206 e. The molecule has 0 amide bonds. The fraction of sp³-hybridized carbons (Fsp3) is 0.429. The number of rotatable bonds is 4. The van der Waals surface area contributed by atoms with Crippen molar-refractivity contribution >= 4 is 0 Å². The third-order valence-corrected chi connectivity index (χ3v) is 5.44. The molecular weight excluding hydrogens is 347 g/mol. The fourth-order valence-corrected chi connectivity index (χ4v) is 3.90. The fourth-order valence-electron chi connectivity index (χ4n) is 3.90. The van der Waals surface area contributed by atoms with Crippen LogP contribution in [0.2, 0.25) is 0 Å². The minimum absolute atomic E-state index is 0.355. The van der Waals surface area contributed by atoms with E-state index in [-0.39, 0.29) is 5.56 Å². The number of hydrogen-bond donors (Lipinski definition) is 0. The first-order valence-electron chi connectivity index (χ1n) is 9.01. The summed E-state index contributed by atoms with van der Waals surface area (Å²) < 4.78 is 68.7. The molecule has 1 aliphatic carbocycles. The summed E-state index contributed by atoms with van der Waals surface area (Å²) in [6.07, 6.45) is 6.10. The van der Waals surface area contributed by atoms with Crippen molar-refractivity contribution in [3.8, 4) is 11.1 Å². The Kier molecular flexibility index (Phi) is 5.64. The smallest absolute Gasteiger partial charge is 0.194 e. The summed E-state index contributed by atoms with van der Waals surface area (Å²) >= 11 is 0. The van der Waals surface area contributed by atoms with E-state index in [1.54, 1.807) is 0 Å². The second-order valence-corrected chi connectivity index (χ2v) is 7.19. The Hall–Kier alpha value is -1.91. The van der Waals surface area contributed by atoms with Crippen LogP contribution in [0.3, 0.4) is 0 Å². The van der Waals surface area contributed by atoms with Gasteiger partial charge >= 0.3 is 0 Å². The molecule has 0 nitrogen and oxygen atoms in total. The molecule has 0 N–H and O–H groups in total. The van der Waals surface area contributed by atoms with Crippen LogP contribution < -0.4 is 0 Å². The van der Waals surface area contributed by atoms with E-state index in [0.717, 1.165) is 38.0 Å². The minimum atomic E-state index is -1.66. The van der Waals surface area contributed by atoms with E-state index in [0.29, 0.717) is 30.0 Å². The molecule has 2 aromatic carbocycles. The number of benzene rings is 2. The molecule has 2 aromatic rings. The summed E-state index contributed by atoms with van der Waals surface area (Å²) in [6, 6.07) is 3.63. The van der Waals surface area contributed by atoms with Gasteiger partial charge in [0.05, 0.1) is 5.56 Å². The van der Waals surface area contributed by atoms with Crippen molar-refractivity contribution in [2.24, 2.45) is 11.8 Å². The quantitative estimate of drug-likeness (QED) is 0.411. The minimum Gasteiger partial charge on any atom is -0.206 e. The van der Waals surface area contributed by atoms with E-state index in [9.17, 15) is 22.0 Å². The average Bonchev–Trinajstić information content (AvgIpc) is 2.59. The first-order valence-corrected chi connectivity index (χ1v) is 9.01. The summed E-state index contributed by atoms with van der Waals surface area (Å²) in [5.41, 5.74) is -0.362. The molecule has 1 saturated carbocycles. The predicted octanol–water partition coefficient (Wildman–Crippen LogP) is 6.81. The maximum absolute atomic E-state index is 14.5. The van der Waals surface area contributed by atoms with Crippen molar-refractivity contribution < 1.29 is 22.0 Å². The van der Waals surface area contributed by atoms with E-state index in [4.69, 9.17) is 0 Å². The molecule has 140 valence electrons. The third-order valence-electron chi connectivity index (χ3n) is 5.44. The van der Waals surface area contributed by atoms with Gasteiger partial charge in [-0.25, -0.2) is 22.0 Å². The summed E-state index contributed by atoms with van der Waals surface area (Å²) in [6.45, 7) is 2.18. The van der Waals surface area contributed by atoms with Crippen LogP contribution in [0, 0.1) is 40.9 Å². The van der Waals surface area contributed by atoms with Gasteiger partial charge in [0.25, 0.3) is 0 Å². The number of hydrogen-bond acceptors (Lipinski definition) is 0. The normalized spacial score (nSPS) is 20.4. The molecule has 0 aliphatic heterocycles. The van der Waals surface area contributed by atoms with Crippen molar-refractivity contribution in [2.75, 3.05) is 0 Å². The molecule has 5 heteroatoms. The molecule has 1 fully saturated rings. The highest BCUT2D eigenvalue weighted by atomic mass is 19.2. The van der Waals surface area contributed by atoms with Crippen LogP contribution in [0.5, 0.6) is 0 Å². The molecular formula is C21H21F5. The lowest BCUT2D eigenvalue weighted by Gasteiger charge is -2.27. The van der Waals surface area contributed by atoms with Gasteiger partial charge in [0.2, 0.25) is 0 Å². The van der Waals surface area contributed by atoms with Gasteiger partial charge in [0.1, 0.15) is 11.6 Å². The third kappa shape index (κ3) is 3.92. The highest BCUT2D eigenvalue weighted by molar-refractivity contribution is 5.65. The van der Waals surface area contributed by atoms with Gasteiger partial charge < -0.3 is 0 Å². The van der Waals surface area contributed by atoms with Gasteiger partial charge in [0, 0.05) is 0 Å². The van der Waals surface area contributed by atoms with Crippen LogP contribution in [0.1, 0.15) is 44.6 Å². The molecule has 0 spiro atoms. The summed E-state index contributed by atoms with van der Waals surface area (Å²) in [5.74, 6) is -5.27. The Labute approximate surface area is 150 Å². The first-order chi connectivity index (χ1) is 12.4. The summed E-state index contributed by atoms with van der Waals surface area (Å²) in [5, 5.41) is 0. The van der Waals surface area contributed by atoms with Crippen LogP contribution >= 0.6 is 0 Å². The summed E-state index contributed by atoms with van der Waals surface area (Å²) in [4.78, 5) is 0. The molecule has 0 saturated heterocycles. The maximum atomic E-state index is 14.5. The van der Waals surface area contributed by atoms with Gasteiger partial charge in [-0.3, -0.25) is 0 Å². The van der Waals surface area contributed by atoms with Gasteiger partial charge in [0.15, 0.2) is 17.5 Å². The van der Waals surface area contributed by atoms with E-state index in [2.05, 4.69) is 6.92 Å². The van der Waals surface area contributed by atoms with Crippen LogP contribution in [0.25, 0.3) is 11.1 Å². The Morgan fingerprint density at radius 2 is 1.23 bits per heavy atom. The molecule has 0 heterocycles. The zero-order valence-corrected chi connectivity index (χ0v) is 14.6. The van der Waals surface area contributed by atoms with Crippen molar-refractivity contribution in [3.63, 3.8) is 0 Å². The van der Waals surface area contributed by atoms with Gasteiger partial charge in [-0.15, -0.1) is 0 Å². The van der Waals surface area contributed by atoms with Crippen molar-refractivity contribution in [1.82, 2.24) is 0 Å². The lowest BCUT2D eigenvalue weighted by atomic mass is 9.78. The zero-order valence-electron chi connectivity index (χ0n) is 14.6. The van der Waals surface area contributed by atoms with Crippen molar-refractivity contribution in [1.29, 1.82) is 0 Å². The lowest BCUT2D eigenvalue weighted by Crippen LogP contribution is -2.16. The molecule has 3 rings (SSSR count). The van der Waals surface area contributed by atoms with Crippen LogP contribution in [0.4, 0.5) is 22.0 Å². The van der Waals surface area contributed by atoms with E-state index in [1.165, 1.54) is 12.1 Å². The zero-order chi connectivity index (χ0) is 18.8. The monoisotopic (exact) mass is 368 g/mol. The Morgan fingerprint density at radius 1 is 0.731 bits per heavy atom. The van der Waals surface area contributed by atoms with E-state index >= 15 is 0 Å². The molecule has 26 heavy (non-hydrogen) atoms. The maximum Gasteiger partial charge on any atom is 0.194 e. The number of halogens is 5. The predicted molar refractivity (Wildman–Crippen MR) is 91.1 cm³/mol. The molecule has 0 unspecified atom stereocenters. The van der Waals surface area contributed by atoms with Gasteiger partial charge in [-0.05, 0) is 66.5 Å². The average molecular weight is 368 g/mol. The summed E-state index contributed by atoms with van der Waals surface area (Å²) in [7, 11) is 0. The highest BCUT2D eigenvalue weighted by Crippen LogP contribution is 2.34. The standard InChI is InChI=1S/C21H21F5/c1-2-12-3-5-13(6-4-12)7-14-8-16(22)20(17(23)9-14)15-10-18(24)21(26)19(25)11-15/h8-13H,2-7H2,1H3. The van der Waals surface area contributed by atoms with E-state index < -0.39 is 34.6 Å². The topological polar surface area (TPSA) is 0 Å². The van der Waals surface area contributed by atoms with Crippen molar-refractivity contribution in [3.05, 3.63) is 58.9 Å². The Morgan fingerprint density at radius 3 is 1.73 bits per heavy atom. The molecule has 1 aliphatic rings. The molecule has 0 radical (unpaired) electrons. The van der Waals surface area contributed by atoms with Crippen LogP contribution in [0.15, 0.2) is 24.3 Å². The molecule has 0 atom stereocenters. The Balaban J connectivity index is 1.83. The second kappa shape index (κ2) is 7.77. The lowest BCUT2D eigenvalue weighted by molar-refractivity contribution is 0.268. The SMILES string of the molecule is CCC1CCC(Cc2cc(F)c(-c3cc(F)c(F)c(F)c3)c(F)c2)CC1. The Bertz CT molecular complexity index is 745. The van der Waals surface area contributed by atoms with E-state index in [1.807, 2.05) is 0 Å².